The summed E-state index contributed by atoms with van der Waals surface area (Å²) in [4.78, 5) is 48.4. The lowest BCUT2D eigenvalue weighted by molar-refractivity contribution is -0.129. The second-order valence-corrected chi connectivity index (χ2v) is 13.4. The molecule has 2 N–H and O–H groups in total. The van der Waals surface area contributed by atoms with Gasteiger partial charge in [-0.3, -0.25) is 14.5 Å². The molecule has 242 valence electrons. The molecule has 2 unspecified atom stereocenters. The highest BCUT2D eigenvalue weighted by molar-refractivity contribution is 8.01. The Hall–Kier alpha value is -4.86. The Bertz CT molecular complexity index is 1790. The molecule has 2 aromatic carbocycles. The number of thioether (sulfide) groups is 1. The van der Waals surface area contributed by atoms with Crippen molar-refractivity contribution in [3.05, 3.63) is 83.6 Å². The summed E-state index contributed by atoms with van der Waals surface area (Å²) in [7, 11) is 1.52. The van der Waals surface area contributed by atoms with Crippen LogP contribution in [0.15, 0.2) is 77.5 Å². The SMILES string of the molecule is COC(C)(C)/C=C(\C#N)C(=O)N1CCCC(NC(=O)[C@@H]2Sc3nccc4c3C2NC(=O)N4c2ccc(Oc3ccccc3)cc2C)C1. The molecule has 1 fully saturated rings. The van der Waals surface area contributed by atoms with Gasteiger partial charge >= 0.3 is 6.03 Å². The summed E-state index contributed by atoms with van der Waals surface area (Å²) in [6.45, 7) is 6.24. The van der Waals surface area contributed by atoms with E-state index < -0.39 is 16.9 Å². The van der Waals surface area contributed by atoms with Gasteiger partial charge in [-0.2, -0.15) is 5.26 Å². The number of hydrogen-bond acceptors (Lipinski definition) is 8. The molecular weight excluding hydrogens is 616 g/mol. The standard InChI is InChI=1S/C35H36N6O5S/c1-21-17-25(46-24-10-6-5-7-11-24)12-13-26(21)41-27-14-15-37-32-28(27)29(39-34(41)44)30(47-32)31(42)38-23-9-8-16-40(20-23)33(43)22(19-36)18-35(2,3)45-4/h5-7,10-15,17-18,23,29-30H,8-9,16,20H2,1-4H3,(H,38,42)(H,39,44)/b22-18+/t23?,29?,30-/m1/s1. The number of ether oxygens (including phenoxy) is 2. The number of aryl methyl sites for hydroxylation is 1. The van der Waals surface area contributed by atoms with Gasteiger partial charge in [-0.15, -0.1) is 0 Å². The van der Waals surface area contributed by atoms with Crippen LogP contribution in [0.4, 0.5) is 16.2 Å². The Labute approximate surface area is 277 Å². The highest BCUT2D eigenvalue weighted by Gasteiger charge is 2.47. The van der Waals surface area contributed by atoms with Gasteiger partial charge in [0.1, 0.15) is 33.4 Å². The number of para-hydroxylation sites is 1. The predicted molar refractivity (Wildman–Crippen MR) is 178 cm³/mol. The molecule has 0 radical (unpaired) electrons. The Kier molecular flexibility index (Phi) is 8.94. The minimum Gasteiger partial charge on any atom is -0.457 e. The van der Waals surface area contributed by atoms with Crippen LogP contribution < -0.4 is 20.3 Å². The van der Waals surface area contributed by atoms with Gasteiger partial charge in [0.05, 0.1) is 23.0 Å². The fourth-order valence-electron chi connectivity index (χ4n) is 6.11. The minimum atomic E-state index is -0.773. The van der Waals surface area contributed by atoms with Crippen LogP contribution in [0, 0.1) is 18.3 Å². The second kappa shape index (κ2) is 13.1. The zero-order chi connectivity index (χ0) is 33.3. The number of piperidine rings is 1. The summed E-state index contributed by atoms with van der Waals surface area (Å²) in [6, 6.07) is 17.6. The maximum atomic E-state index is 13.8. The first-order valence-electron chi connectivity index (χ1n) is 15.5. The second-order valence-electron chi connectivity index (χ2n) is 12.3. The average Bonchev–Trinajstić information content (AvgIpc) is 3.44. The van der Waals surface area contributed by atoms with Crippen molar-refractivity contribution in [1.29, 1.82) is 5.26 Å². The summed E-state index contributed by atoms with van der Waals surface area (Å²) in [6.07, 6.45) is 4.54. The van der Waals surface area contributed by atoms with E-state index in [-0.39, 0.29) is 36.0 Å². The number of aromatic nitrogens is 1. The van der Waals surface area contributed by atoms with Crippen LogP contribution >= 0.6 is 11.8 Å². The number of anilines is 2. The first kappa shape index (κ1) is 32.1. The van der Waals surface area contributed by atoms with E-state index in [1.54, 1.807) is 35.9 Å². The number of pyridine rings is 1. The number of nitrogens with one attached hydrogen (secondary N) is 2. The van der Waals surface area contributed by atoms with Crippen LogP contribution in [0.3, 0.4) is 0 Å². The number of likely N-dealkylation sites (tertiary alicyclic amines) is 1. The minimum absolute atomic E-state index is 0.00676. The number of rotatable bonds is 8. The third-order valence-corrected chi connectivity index (χ3v) is 9.87. The fraction of sp³-hybridized carbons (Fsp3) is 0.343. The highest BCUT2D eigenvalue weighted by atomic mass is 32.2. The molecular formula is C35H36N6O5S. The Morgan fingerprint density at radius 2 is 1.94 bits per heavy atom. The fourth-order valence-corrected chi connectivity index (χ4v) is 7.35. The molecule has 4 heterocycles. The van der Waals surface area contributed by atoms with Gasteiger partial charge < -0.3 is 25.0 Å². The largest absolute Gasteiger partial charge is 0.457 e. The molecule has 12 heteroatoms. The van der Waals surface area contributed by atoms with E-state index in [1.807, 2.05) is 61.5 Å². The van der Waals surface area contributed by atoms with E-state index >= 15 is 0 Å². The van der Waals surface area contributed by atoms with Gasteiger partial charge in [-0.05, 0) is 81.7 Å². The molecule has 0 spiro atoms. The molecule has 0 aliphatic carbocycles. The molecule has 3 aromatic rings. The molecule has 0 saturated carbocycles. The lowest BCUT2D eigenvalue weighted by atomic mass is 9.98. The molecule has 11 nitrogen and oxygen atoms in total. The monoisotopic (exact) mass is 652 g/mol. The van der Waals surface area contributed by atoms with Crippen molar-refractivity contribution in [2.75, 3.05) is 25.1 Å². The molecule has 3 aliphatic rings. The summed E-state index contributed by atoms with van der Waals surface area (Å²) in [5.74, 6) is 0.741. The third kappa shape index (κ3) is 6.54. The number of amides is 4. The van der Waals surface area contributed by atoms with Crippen molar-refractivity contribution < 1.29 is 23.9 Å². The number of nitrogens with zero attached hydrogens (tertiary/aromatic N) is 4. The van der Waals surface area contributed by atoms with Crippen LogP contribution in [-0.4, -0.2) is 64.8 Å². The number of carbonyl (C=O) groups excluding carboxylic acids is 3. The van der Waals surface area contributed by atoms with Gasteiger partial charge in [0.25, 0.3) is 5.91 Å². The van der Waals surface area contributed by atoms with Crippen LogP contribution in [0.5, 0.6) is 11.5 Å². The quantitative estimate of drug-likeness (QED) is 0.239. The first-order valence-corrected chi connectivity index (χ1v) is 16.3. The number of methoxy groups -OCH3 is 1. The van der Waals surface area contributed by atoms with Gasteiger partial charge in [-0.1, -0.05) is 30.0 Å². The van der Waals surface area contributed by atoms with Crippen molar-refractivity contribution in [3.8, 4) is 17.6 Å². The van der Waals surface area contributed by atoms with Crippen molar-refractivity contribution in [2.45, 2.75) is 61.6 Å². The Balaban J connectivity index is 1.17. The molecule has 47 heavy (non-hydrogen) atoms. The molecule has 1 aromatic heterocycles. The Morgan fingerprint density at radius 1 is 1.15 bits per heavy atom. The highest BCUT2D eigenvalue weighted by Crippen LogP contribution is 2.51. The molecule has 0 bridgehead atoms. The Morgan fingerprint density at radius 3 is 2.66 bits per heavy atom. The smallest absolute Gasteiger partial charge is 0.327 e. The summed E-state index contributed by atoms with van der Waals surface area (Å²) in [5, 5.41) is 15.9. The van der Waals surface area contributed by atoms with Gasteiger partial charge in [0.15, 0.2) is 0 Å². The van der Waals surface area contributed by atoms with E-state index in [4.69, 9.17) is 9.47 Å². The zero-order valence-electron chi connectivity index (χ0n) is 26.6. The molecule has 3 atom stereocenters. The lowest BCUT2D eigenvalue weighted by Gasteiger charge is -2.36. The van der Waals surface area contributed by atoms with Crippen LogP contribution in [0.25, 0.3) is 0 Å². The molecule has 4 amide bonds. The zero-order valence-corrected chi connectivity index (χ0v) is 27.5. The number of hydrogen-bond donors (Lipinski definition) is 2. The van der Waals surface area contributed by atoms with E-state index in [0.29, 0.717) is 47.3 Å². The lowest BCUT2D eigenvalue weighted by Crippen LogP contribution is -2.54. The average molecular weight is 653 g/mol. The maximum Gasteiger partial charge on any atom is 0.327 e. The van der Waals surface area contributed by atoms with E-state index in [0.717, 1.165) is 11.1 Å². The number of benzene rings is 2. The first-order chi connectivity index (χ1) is 22.6. The van der Waals surface area contributed by atoms with Gasteiger partial charge in [0, 0.05) is 38.0 Å². The normalized spacial score (nSPS) is 20.6. The molecule has 1 saturated heterocycles. The van der Waals surface area contributed by atoms with Crippen molar-refractivity contribution in [1.82, 2.24) is 20.5 Å². The van der Waals surface area contributed by atoms with E-state index in [9.17, 15) is 19.6 Å². The maximum absolute atomic E-state index is 13.8. The summed E-state index contributed by atoms with van der Waals surface area (Å²) in [5.41, 5.74) is 2.24. The topological polar surface area (TPSA) is 137 Å². The van der Waals surface area contributed by atoms with Crippen molar-refractivity contribution >= 4 is 41.0 Å². The number of nitriles is 1. The predicted octanol–water partition coefficient (Wildman–Crippen LogP) is 5.54. The summed E-state index contributed by atoms with van der Waals surface area (Å²) >= 11 is 1.32. The number of carbonyl (C=O) groups is 3. The van der Waals surface area contributed by atoms with Crippen molar-refractivity contribution in [3.63, 3.8) is 0 Å². The van der Waals surface area contributed by atoms with Crippen LogP contribution in [-0.2, 0) is 14.3 Å². The number of urea groups is 1. The van der Waals surface area contributed by atoms with Gasteiger partial charge in [0.2, 0.25) is 5.91 Å². The summed E-state index contributed by atoms with van der Waals surface area (Å²) < 4.78 is 11.4. The third-order valence-electron chi connectivity index (χ3n) is 8.58. The molecule has 6 rings (SSSR count). The van der Waals surface area contributed by atoms with Gasteiger partial charge in [-0.25, -0.2) is 9.78 Å². The molecule has 3 aliphatic heterocycles. The van der Waals surface area contributed by atoms with Crippen LogP contribution in [0.1, 0.15) is 43.9 Å². The van der Waals surface area contributed by atoms with E-state index in [2.05, 4.69) is 15.6 Å². The van der Waals surface area contributed by atoms with E-state index in [1.165, 1.54) is 24.9 Å². The van der Waals surface area contributed by atoms with Crippen molar-refractivity contribution in [2.24, 2.45) is 0 Å². The van der Waals surface area contributed by atoms with Crippen LogP contribution in [0.2, 0.25) is 0 Å².